The molecule has 0 bridgehead atoms. The second kappa shape index (κ2) is 12.2. The lowest BCUT2D eigenvalue weighted by Gasteiger charge is -2.23. The first-order valence-corrected chi connectivity index (χ1v) is 12.9. The van der Waals surface area contributed by atoms with Crippen molar-refractivity contribution in [3.8, 4) is 17.2 Å². The Morgan fingerprint density at radius 1 is 0.743 bits per heavy atom. The molecule has 0 aliphatic carbocycles. The van der Waals surface area contributed by atoms with Crippen LogP contribution in [0.1, 0.15) is 75.8 Å². The van der Waals surface area contributed by atoms with E-state index in [1.165, 1.54) is 27.8 Å². The van der Waals surface area contributed by atoms with E-state index in [0.29, 0.717) is 12.5 Å². The summed E-state index contributed by atoms with van der Waals surface area (Å²) in [6.07, 6.45) is 2.60. The summed E-state index contributed by atoms with van der Waals surface area (Å²) in [7, 11) is 0. The maximum absolute atomic E-state index is 6.32. The molecule has 0 amide bonds. The van der Waals surface area contributed by atoms with Gasteiger partial charge in [-0.3, -0.25) is 0 Å². The molecule has 0 N–H and O–H groups in total. The van der Waals surface area contributed by atoms with Crippen molar-refractivity contribution in [1.29, 1.82) is 0 Å². The average Bonchev–Trinajstić information content (AvgIpc) is 2.79. The van der Waals surface area contributed by atoms with Crippen molar-refractivity contribution in [2.75, 3.05) is 13.2 Å². The monoisotopic (exact) mass is 474 g/mol. The first-order chi connectivity index (χ1) is 16.6. The van der Waals surface area contributed by atoms with E-state index in [1.54, 1.807) is 0 Å². The SMILES string of the molecule is CCCOc1cc(Cc2ccc(Cc3ccccc3OC(C)(C)C)cc2OCC(C)C)ccc1C. The molecule has 3 nitrogen and oxygen atoms in total. The normalized spacial score (nSPS) is 11.5. The third-order valence-electron chi connectivity index (χ3n) is 5.60. The molecule has 0 saturated heterocycles. The predicted molar refractivity (Wildman–Crippen MR) is 146 cm³/mol. The molecule has 3 aromatic rings. The van der Waals surface area contributed by atoms with E-state index >= 15 is 0 Å². The Kier molecular flexibility index (Phi) is 9.26. The molecule has 0 aliphatic rings. The van der Waals surface area contributed by atoms with E-state index in [4.69, 9.17) is 14.2 Å². The van der Waals surface area contributed by atoms with Crippen molar-refractivity contribution in [2.24, 2.45) is 5.92 Å². The van der Waals surface area contributed by atoms with Crippen LogP contribution in [0.25, 0.3) is 0 Å². The van der Waals surface area contributed by atoms with Crippen molar-refractivity contribution < 1.29 is 14.2 Å². The molecule has 0 aliphatic heterocycles. The van der Waals surface area contributed by atoms with E-state index in [1.807, 2.05) is 6.07 Å². The van der Waals surface area contributed by atoms with Gasteiger partial charge < -0.3 is 14.2 Å². The molecule has 0 aromatic heterocycles. The Hall–Kier alpha value is -2.94. The second-order valence-corrected chi connectivity index (χ2v) is 10.8. The van der Waals surface area contributed by atoms with Gasteiger partial charge >= 0.3 is 0 Å². The topological polar surface area (TPSA) is 27.7 Å². The molecule has 3 aromatic carbocycles. The molecule has 3 heteroatoms. The molecular weight excluding hydrogens is 432 g/mol. The summed E-state index contributed by atoms with van der Waals surface area (Å²) in [5, 5.41) is 0. The first kappa shape index (κ1) is 26.7. The van der Waals surface area contributed by atoms with Crippen LogP contribution in [0.15, 0.2) is 60.7 Å². The van der Waals surface area contributed by atoms with Crippen LogP contribution >= 0.6 is 0 Å². The predicted octanol–water partition coefficient (Wildman–Crippen LogP) is 8.18. The Morgan fingerprint density at radius 2 is 1.37 bits per heavy atom. The van der Waals surface area contributed by atoms with Crippen LogP contribution in [0.5, 0.6) is 17.2 Å². The molecular formula is C32H42O3. The van der Waals surface area contributed by atoms with Crippen molar-refractivity contribution >= 4 is 0 Å². The summed E-state index contributed by atoms with van der Waals surface area (Å²) in [5.74, 6) is 3.33. The quantitative estimate of drug-likeness (QED) is 0.280. The van der Waals surface area contributed by atoms with Gasteiger partial charge in [-0.25, -0.2) is 0 Å². The number of para-hydroxylation sites is 1. The lowest BCUT2D eigenvalue weighted by molar-refractivity contribution is 0.129. The van der Waals surface area contributed by atoms with Crippen LogP contribution in [0.4, 0.5) is 0 Å². The third kappa shape index (κ3) is 8.35. The number of aryl methyl sites for hydroxylation is 1. The van der Waals surface area contributed by atoms with Crippen LogP contribution < -0.4 is 14.2 Å². The largest absolute Gasteiger partial charge is 0.493 e. The minimum atomic E-state index is -0.237. The molecule has 0 atom stereocenters. The lowest BCUT2D eigenvalue weighted by atomic mass is 9.98. The van der Waals surface area contributed by atoms with Gasteiger partial charge in [0.1, 0.15) is 22.8 Å². The Bertz CT molecular complexity index is 1090. The van der Waals surface area contributed by atoms with Gasteiger partial charge in [-0.05, 0) is 86.1 Å². The van der Waals surface area contributed by atoms with Gasteiger partial charge in [-0.1, -0.05) is 63.2 Å². The zero-order chi connectivity index (χ0) is 25.4. The van der Waals surface area contributed by atoms with Crippen molar-refractivity contribution in [3.63, 3.8) is 0 Å². The van der Waals surface area contributed by atoms with Crippen LogP contribution in [-0.2, 0) is 12.8 Å². The standard InChI is InChI=1S/C32H42O3/c1-8-17-33-30-20-25(14-13-24(30)4)19-28-16-15-26(21-31(28)34-22-23(2)3)18-27-11-9-10-12-29(27)35-32(5,6)7/h9-16,20-21,23H,8,17-19,22H2,1-7H3. The average molecular weight is 475 g/mol. The van der Waals surface area contributed by atoms with Gasteiger partial charge in [0.05, 0.1) is 13.2 Å². The fourth-order valence-electron chi connectivity index (χ4n) is 3.89. The van der Waals surface area contributed by atoms with E-state index in [2.05, 4.69) is 103 Å². The summed E-state index contributed by atoms with van der Waals surface area (Å²) in [4.78, 5) is 0. The molecule has 0 saturated carbocycles. The minimum Gasteiger partial charge on any atom is -0.493 e. The fourth-order valence-corrected chi connectivity index (χ4v) is 3.89. The highest BCUT2D eigenvalue weighted by atomic mass is 16.5. The zero-order valence-corrected chi connectivity index (χ0v) is 22.6. The van der Waals surface area contributed by atoms with E-state index in [9.17, 15) is 0 Å². The number of hydrogen-bond donors (Lipinski definition) is 0. The number of hydrogen-bond acceptors (Lipinski definition) is 3. The van der Waals surface area contributed by atoms with Crippen LogP contribution in [0.3, 0.4) is 0 Å². The summed E-state index contributed by atoms with van der Waals surface area (Å²) in [6.45, 7) is 16.3. The Labute approximate surface area is 212 Å². The lowest BCUT2D eigenvalue weighted by Crippen LogP contribution is -2.23. The summed E-state index contributed by atoms with van der Waals surface area (Å²) < 4.78 is 18.5. The minimum absolute atomic E-state index is 0.237. The van der Waals surface area contributed by atoms with Gasteiger partial charge in [0.2, 0.25) is 0 Å². The molecule has 188 valence electrons. The van der Waals surface area contributed by atoms with E-state index < -0.39 is 0 Å². The fraction of sp³-hybridized carbons (Fsp3) is 0.438. The van der Waals surface area contributed by atoms with Gasteiger partial charge in [0.15, 0.2) is 0 Å². The van der Waals surface area contributed by atoms with Gasteiger partial charge in [-0.2, -0.15) is 0 Å². The van der Waals surface area contributed by atoms with Crippen molar-refractivity contribution in [3.05, 3.63) is 88.5 Å². The van der Waals surface area contributed by atoms with Gasteiger partial charge in [0, 0.05) is 12.8 Å². The molecule has 0 fully saturated rings. The molecule has 3 rings (SSSR count). The summed E-state index contributed by atoms with van der Waals surface area (Å²) in [5.41, 5.74) is 5.76. The zero-order valence-electron chi connectivity index (χ0n) is 22.6. The van der Waals surface area contributed by atoms with Gasteiger partial charge in [0.25, 0.3) is 0 Å². The van der Waals surface area contributed by atoms with Crippen molar-refractivity contribution in [2.45, 2.75) is 73.3 Å². The number of ether oxygens (including phenoxy) is 3. The smallest absolute Gasteiger partial charge is 0.123 e. The number of rotatable bonds is 11. The number of benzene rings is 3. The highest BCUT2D eigenvalue weighted by Gasteiger charge is 2.16. The Morgan fingerprint density at radius 3 is 2.03 bits per heavy atom. The molecule has 0 unspecified atom stereocenters. The van der Waals surface area contributed by atoms with Crippen molar-refractivity contribution in [1.82, 2.24) is 0 Å². The Balaban J connectivity index is 1.87. The maximum atomic E-state index is 6.32. The van der Waals surface area contributed by atoms with Crippen LogP contribution in [-0.4, -0.2) is 18.8 Å². The first-order valence-electron chi connectivity index (χ1n) is 12.9. The van der Waals surface area contributed by atoms with Crippen LogP contribution in [0.2, 0.25) is 0 Å². The molecule has 0 spiro atoms. The molecule has 35 heavy (non-hydrogen) atoms. The van der Waals surface area contributed by atoms with E-state index in [-0.39, 0.29) is 5.60 Å². The summed E-state index contributed by atoms with van der Waals surface area (Å²) in [6, 6.07) is 21.5. The third-order valence-corrected chi connectivity index (χ3v) is 5.60. The molecule has 0 heterocycles. The van der Waals surface area contributed by atoms with E-state index in [0.717, 1.165) is 43.1 Å². The highest BCUT2D eigenvalue weighted by molar-refractivity contribution is 5.46. The maximum Gasteiger partial charge on any atom is 0.123 e. The van der Waals surface area contributed by atoms with Crippen LogP contribution in [0, 0.1) is 12.8 Å². The molecule has 0 radical (unpaired) electrons. The second-order valence-electron chi connectivity index (χ2n) is 10.8. The summed E-state index contributed by atoms with van der Waals surface area (Å²) >= 11 is 0. The van der Waals surface area contributed by atoms with Gasteiger partial charge in [-0.15, -0.1) is 0 Å². The highest BCUT2D eigenvalue weighted by Crippen LogP contribution is 2.30.